The van der Waals surface area contributed by atoms with Crippen molar-refractivity contribution < 1.29 is 8.85 Å². The molecule has 1 aromatic rings. The van der Waals surface area contributed by atoms with Gasteiger partial charge in [-0.1, -0.05) is 42.5 Å². The van der Waals surface area contributed by atoms with Gasteiger partial charge in [-0.15, -0.1) is 0 Å². The molecule has 0 radical (unpaired) electrons. The van der Waals surface area contributed by atoms with E-state index >= 15 is 0 Å². The number of benzene rings is 1. The van der Waals surface area contributed by atoms with Gasteiger partial charge in [0, 0.05) is 19.3 Å². The van der Waals surface area contributed by atoms with Crippen molar-refractivity contribution in [3.8, 4) is 0 Å². The molecule has 0 spiro atoms. The molecule has 0 aliphatic heterocycles. The van der Waals surface area contributed by atoms with Crippen LogP contribution in [0.3, 0.4) is 0 Å². The van der Waals surface area contributed by atoms with E-state index in [0.717, 1.165) is 6.04 Å². The molecule has 0 aliphatic carbocycles. The van der Waals surface area contributed by atoms with E-state index in [-0.39, 0.29) is 0 Å². The van der Waals surface area contributed by atoms with Gasteiger partial charge in [-0.2, -0.15) is 0 Å². The molecule has 1 rings (SSSR count). The maximum atomic E-state index is 6.02. The molecule has 0 amide bonds. The zero-order chi connectivity index (χ0) is 12.6. The monoisotopic (exact) mass is 250 g/mol. The molecule has 17 heavy (non-hydrogen) atoms. The standard InChI is InChI=1S/C14H22O2Si/c1-4-7-13-17(15-5-2,16-6-3)14-11-9-8-10-12-14/h4,7-12H,5-6,13H2,1-3H3/b7-4+. The van der Waals surface area contributed by atoms with E-state index in [1.807, 2.05) is 39.0 Å². The van der Waals surface area contributed by atoms with Gasteiger partial charge in [0.15, 0.2) is 0 Å². The van der Waals surface area contributed by atoms with Gasteiger partial charge in [-0.25, -0.2) is 0 Å². The predicted octanol–water partition coefficient (Wildman–Crippen LogP) is 2.98. The second-order valence-electron chi connectivity index (χ2n) is 3.76. The Morgan fingerprint density at radius 3 is 2.12 bits per heavy atom. The van der Waals surface area contributed by atoms with Crippen LogP contribution in [0.2, 0.25) is 6.04 Å². The topological polar surface area (TPSA) is 18.5 Å². The van der Waals surface area contributed by atoms with Crippen molar-refractivity contribution in [3.63, 3.8) is 0 Å². The van der Waals surface area contributed by atoms with Gasteiger partial charge in [0.1, 0.15) is 0 Å². The molecule has 0 saturated carbocycles. The van der Waals surface area contributed by atoms with E-state index in [2.05, 4.69) is 24.3 Å². The van der Waals surface area contributed by atoms with E-state index in [1.165, 1.54) is 5.19 Å². The molecule has 3 heteroatoms. The Morgan fingerprint density at radius 1 is 1.06 bits per heavy atom. The minimum absolute atomic E-state index is 0.693. The second kappa shape index (κ2) is 7.43. The first-order valence-electron chi connectivity index (χ1n) is 6.23. The Kier molecular flexibility index (Phi) is 6.19. The van der Waals surface area contributed by atoms with Gasteiger partial charge in [0.05, 0.1) is 0 Å². The molecular formula is C14H22O2Si. The second-order valence-corrected chi connectivity index (χ2v) is 6.83. The molecule has 0 atom stereocenters. The third-order valence-corrected chi connectivity index (χ3v) is 6.09. The van der Waals surface area contributed by atoms with E-state index in [4.69, 9.17) is 8.85 Å². The van der Waals surface area contributed by atoms with Crippen LogP contribution < -0.4 is 5.19 Å². The predicted molar refractivity (Wildman–Crippen MR) is 74.7 cm³/mol. The lowest BCUT2D eigenvalue weighted by Gasteiger charge is -2.29. The van der Waals surface area contributed by atoms with Gasteiger partial charge in [-0.05, 0) is 26.0 Å². The zero-order valence-corrected chi connectivity index (χ0v) is 12.0. The summed E-state index contributed by atoms with van der Waals surface area (Å²) in [6.07, 6.45) is 4.20. The van der Waals surface area contributed by atoms with Crippen molar-refractivity contribution in [1.29, 1.82) is 0 Å². The van der Waals surface area contributed by atoms with Gasteiger partial charge in [0.2, 0.25) is 0 Å². The highest BCUT2D eigenvalue weighted by Gasteiger charge is 2.38. The Hall–Kier alpha value is -0.903. The van der Waals surface area contributed by atoms with Crippen LogP contribution >= 0.6 is 0 Å². The average molecular weight is 250 g/mol. The van der Waals surface area contributed by atoms with Gasteiger partial charge in [0.25, 0.3) is 0 Å². The van der Waals surface area contributed by atoms with Crippen LogP contribution in [0.4, 0.5) is 0 Å². The lowest BCUT2D eigenvalue weighted by atomic mass is 10.4. The maximum Gasteiger partial charge on any atom is 0.376 e. The van der Waals surface area contributed by atoms with Crippen LogP contribution in [-0.2, 0) is 8.85 Å². The normalized spacial score (nSPS) is 12.2. The molecule has 0 aromatic heterocycles. The number of allylic oxidation sites excluding steroid dienone is 2. The van der Waals surface area contributed by atoms with Crippen LogP contribution in [0.15, 0.2) is 42.5 Å². The molecule has 0 N–H and O–H groups in total. The third kappa shape index (κ3) is 3.80. The summed E-state index contributed by atoms with van der Waals surface area (Å²) in [5.74, 6) is 0. The van der Waals surface area contributed by atoms with Gasteiger partial charge >= 0.3 is 8.56 Å². The molecule has 0 fully saturated rings. The molecule has 0 bridgehead atoms. The fourth-order valence-corrected chi connectivity index (χ4v) is 4.94. The summed E-state index contributed by atoms with van der Waals surface area (Å²) in [6, 6.07) is 11.2. The highest BCUT2D eigenvalue weighted by Crippen LogP contribution is 2.15. The van der Waals surface area contributed by atoms with Gasteiger partial charge < -0.3 is 8.85 Å². The molecular weight excluding hydrogens is 228 g/mol. The first-order valence-corrected chi connectivity index (χ1v) is 8.26. The number of rotatable bonds is 7. The van der Waals surface area contributed by atoms with Crippen LogP contribution in [0.25, 0.3) is 0 Å². The maximum absolute atomic E-state index is 6.02. The largest absolute Gasteiger partial charge is 0.391 e. The summed E-state index contributed by atoms with van der Waals surface area (Å²) >= 11 is 0. The Morgan fingerprint density at radius 2 is 1.65 bits per heavy atom. The smallest absolute Gasteiger partial charge is 0.376 e. The number of hydrogen-bond donors (Lipinski definition) is 0. The highest BCUT2D eigenvalue weighted by molar-refractivity contribution is 6.81. The average Bonchev–Trinajstić information content (AvgIpc) is 2.37. The van der Waals surface area contributed by atoms with E-state index < -0.39 is 8.56 Å². The van der Waals surface area contributed by atoms with Crippen LogP contribution in [0.5, 0.6) is 0 Å². The summed E-state index contributed by atoms with van der Waals surface area (Å²) in [5.41, 5.74) is 0. The van der Waals surface area contributed by atoms with E-state index in [1.54, 1.807) is 0 Å². The molecule has 94 valence electrons. The third-order valence-electron chi connectivity index (χ3n) is 2.59. The van der Waals surface area contributed by atoms with E-state index in [9.17, 15) is 0 Å². The van der Waals surface area contributed by atoms with Crippen molar-refractivity contribution in [1.82, 2.24) is 0 Å². The summed E-state index contributed by atoms with van der Waals surface area (Å²) < 4.78 is 12.0. The van der Waals surface area contributed by atoms with Crippen LogP contribution in [0, 0.1) is 0 Å². The van der Waals surface area contributed by atoms with Crippen molar-refractivity contribution >= 4 is 13.7 Å². The van der Waals surface area contributed by atoms with Gasteiger partial charge in [-0.3, -0.25) is 0 Å². The SMILES string of the molecule is C/C=C/C[Si](OCC)(OCC)c1ccccc1. The summed E-state index contributed by atoms with van der Waals surface area (Å²) in [6.45, 7) is 7.47. The fourth-order valence-electron chi connectivity index (χ4n) is 1.88. The Balaban J connectivity index is 3.04. The summed E-state index contributed by atoms with van der Waals surface area (Å²) in [5, 5.41) is 1.21. The highest BCUT2D eigenvalue weighted by atomic mass is 28.4. The number of hydrogen-bond acceptors (Lipinski definition) is 2. The summed E-state index contributed by atoms with van der Waals surface area (Å²) in [4.78, 5) is 0. The van der Waals surface area contributed by atoms with Crippen LogP contribution in [0.1, 0.15) is 20.8 Å². The lowest BCUT2D eigenvalue weighted by Crippen LogP contribution is -2.53. The Labute approximate surface area is 106 Å². The first-order chi connectivity index (χ1) is 8.29. The fraction of sp³-hybridized carbons (Fsp3) is 0.429. The van der Waals surface area contributed by atoms with E-state index in [0.29, 0.717) is 13.2 Å². The van der Waals surface area contributed by atoms with Crippen molar-refractivity contribution in [2.24, 2.45) is 0 Å². The van der Waals surface area contributed by atoms with Crippen LogP contribution in [-0.4, -0.2) is 21.8 Å². The molecule has 0 aliphatic rings. The summed E-state index contributed by atoms with van der Waals surface area (Å²) in [7, 11) is -2.28. The zero-order valence-electron chi connectivity index (χ0n) is 11.0. The van der Waals surface area contributed by atoms with Crippen molar-refractivity contribution in [2.75, 3.05) is 13.2 Å². The molecule has 0 unspecified atom stereocenters. The Bertz CT molecular complexity index is 329. The molecule has 1 aromatic carbocycles. The van der Waals surface area contributed by atoms with Crippen molar-refractivity contribution in [2.45, 2.75) is 26.8 Å². The minimum atomic E-state index is -2.28. The molecule has 0 saturated heterocycles. The minimum Gasteiger partial charge on any atom is -0.391 e. The van der Waals surface area contributed by atoms with Crippen molar-refractivity contribution in [3.05, 3.63) is 42.5 Å². The lowest BCUT2D eigenvalue weighted by molar-refractivity contribution is 0.198. The quantitative estimate of drug-likeness (QED) is 0.547. The first kappa shape index (κ1) is 14.2. The molecule has 0 heterocycles. The molecule has 2 nitrogen and oxygen atoms in total.